The van der Waals surface area contributed by atoms with Gasteiger partial charge >= 0.3 is 6.18 Å². The molecule has 7 heteroatoms. The Hall–Kier alpha value is -1.89. The number of nitrogens with zero attached hydrogens (tertiary/aromatic N) is 1. The number of quaternary nitrogens is 1. The molecule has 16 heavy (non-hydrogen) atoms. The summed E-state index contributed by atoms with van der Waals surface area (Å²) in [7, 11) is 0. The highest BCUT2D eigenvalue weighted by molar-refractivity contribution is 5.81. The van der Waals surface area contributed by atoms with E-state index in [-0.39, 0.29) is 0 Å². The minimum atomic E-state index is -4.36. The first kappa shape index (κ1) is 12.2. The maximum atomic E-state index is 12.3. The molecule has 0 aliphatic rings. The van der Waals surface area contributed by atoms with Crippen LogP contribution in [0, 0.1) is 5.41 Å². The second kappa shape index (κ2) is 4.75. The molecule has 0 aromatic heterocycles. The zero-order valence-corrected chi connectivity index (χ0v) is 8.12. The van der Waals surface area contributed by atoms with Gasteiger partial charge in [-0.25, -0.2) is 0 Å². The Labute approximate surface area is 89.5 Å². The largest absolute Gasteiger partial charge is 0.416 e. The number of nitrogens with two attached hydrogens (primary N) is 2. The highest BCUT2D eigenvalue weighted by atomic mass is 19.4. The van der Waals surface area contributed by atoms with Gasteiger partial charge in [0, 0.05) is 6.07 Å². The smallest absolute Gasteiger partial charge is 0.368 e. The molecule has 0 aliphatic carbocycles. The molecule has 4 nitrogen and oxygen atoms in total. The van der Waals surface area contributed by atoms with Crippen LogP contribution in [0.3, 0.4) is 0 Å². The maximum absolute atomic E-state index is 12.3. The number of halogens is 3. The monoisotopic (exact) mass is 231 g/mol. The third kappa shape index (κ3) is 3.70. The highest BCUT2D eigenvalue weighted by Gasteiger charge is 2.30. The predicted octanol–water partition coefficient (Wildman–Crippen LogP) is 0.822. The number of hydrogen-bond acceptors (Lipinski definition) is 1. The molecule has 0 saturated heterocycles. The zero-order chi connectivity index (χ0) is 12.2. The van der Waals surface area contributed by atoms with E-state index >= 15 is 0 Å². The third-order valence-corrected chi connectivity index (χ3v) is 1.69. The SMILES string of the molecule is N=C(N)N=C[NH2+]c1cccc(C(F)(F)F)c1. The van der Waals surface area contributed by atoms with Gasteiger partial charge in [-0.05, 0) is 12.1 Å². The van der Waals surface area contributed by atoms with Crippen molar-refractivity contribution in [1.82, 2.24) is 0 Å². The minimum Gasteiger partial charge on any atom is -0.368 e. The topological polar surface area (TPSA) is 78.8 Å². The average Bonchev–Trinajstić information content (AvgIpc) is 2.16. The molecular formula is C9H10F3N4+. The molecule has 0 saturated carbocycles. The number of alkyl halides is 3. The molecule has 0 fully saturated rings. The predicted molar refractivity (Wildman–Crippen MR) is 53.4 cm³/mol. The lowest BCUT2D eigenvalue weighted by atomic mass is 10.2. The van der Waals surface area contributed by atoms with E-state index < -0.39 is 17.7 Å². The van der Waals surface area contributed by atoms with E-state index in [0.29, 0.717) is 5.69 Å². The van der Waals surface area contributed by atoms with Crippen LogP contribution in [-0.2, 0) is 6.18 Å². The van der Waals surface area contributed by atoms with Gasteiger partial charge in [-0.3, -0.25) is 10.7 Å². The van der Waals surface area contributed by atoms with Crippen molar-refractivity contribution in [3.8, 4) is 0 Å². The first-order chi connectivity index (χ1) is 7.39. The number of benzene rings is 1. The molecular weight excluding hydrogens is 221 g/mol. The molecule has 0 atom stereocenters. The fourth-order valence-corrected chi connectivity index (χ4v) is 1.02. The van der Waals surface area contributed by atoms with Crippen LogP contribution in [0.5, 0.6) is 0 Å². The van der Waals surface area contributed by atoms with E-state index in [9.17, 15) is 13.2 Å². The molecule has 0 unspecified atom stereocenters. The molecule has 1 aromatic rings. The molecule has 0 radical (unpaired) electrons. The van der Waals surface area contributed by atoms with E-state index in [0.717, 1.165) is 12.1 Å². The molecule has 1 rings (SSSR count). The summed E-state index contributed by atoms with van der Waals surface area (Å²) in [5.74, 6) is -0.400. The first-order valence-electron chi connectivity index (χ1n) is 4.28. The molecule has 1 aromatic carbocycles. The van der Waals surface area contributed by atoms with Gasteiger partial charge in [0.05, 0.1) is 5.56 Å². The van der Waals surface area contributed by atoms with Gasteiger partial charge in [-0.1, -0.05) is 6.07 Å². The maximum Gasteiger partial charge on any atom is 0.416 e. The quantitative estimate of drug-likeness (QED) is 0.393. The lowest BCUT2D eigenvalue weighted by molar-refractivity contribution is -0.433. The van der Waals surface area contributed by atoms with Crippen molar-refractivity contribution in [1.29, 1.82) is 5.41 Å². The molecule has 0 bridgehead atoms. The Morgan fingerprint density at radius 1 is 1.44 bits per heavy atom. The van der Waals surface area contributed by atoms with Crippen LogP contribution in [0.15, 0.2) is 29.3 Å². The van der Waals surface area contributed by atoms with Gasteiger partial charge < -0.3 is 5.73 Å². The average molecular weight is 231 g/mol. The van der Waals surface area contributed by atoms with Crippen molar-refractivity contribution in [2.75, 3.05) is 0 Å². The Balaban J connectivity index is 2.79. The van der Waals surface area contributed by atoms with Crippen molar-refractivity contribution in [2.45, 2.75) is 6.18 Å². The van der Waals surface area contributed by atoms with Gasteiger partial charge in [-0.15, -0.1) is 0 Å². The summed E-state index contributed by atoms with van der Waals surface area (Å²) in [4.78, 5) is 3.41. The fraction of sp³-hybridized carbons (Fsp3) is 0.111. The van der Waals surface area contributed by atoms with Crippen LogP contribution in [0.2, 0.25) is 0 Å². The van der Waals surface area contributed by atoms with Crippen LogP contribution in [-0.4, -0.2) is 12.3 Å². The van der Waals surface area contributed by atoms with Crippen molar-refractivity contribution in [2.24, 2.45) is 10.7 Å². The molecule has 0 aliphatic heterocycles. The molecule has 0 heterocycles. The number of rotatable bonds is 2. The van der Waals surface area contributed by atoms with Crippen molar-refractivity contribution in [3.05, 3.63) is 29.8 Å². The number of hydrogen-bond donors (Lipinski definition) is 3. The second-order valence-electron chi connectivity index (χ2n) is 2.95. The van der Waals surface area contributed by atoms with Gasteiger partial charge in [0.25, 0.3) is 0 Å². The summed E-state index contributed by atoms with van der Waals surface area (Å²) < 4.78 is 36.9. The molecule has 0 amide bonds. The third-order valence-electron chi connectivity index (χ3n) is 1.69. The highest BCUT2D eigenvalue weighted by Crippen LogP contribution is 2.29. The molecule has 0 spiro atoms. The summed E-state index contributed by atoms with van der Waals surface area (Å²) >= 11 is 0. The Morgan fingerprint density at radius 3 is 2.69 bits per heavy atom. The van der Waals surface area contributed by atoms with E-state index in [1.54, 1.807) is 0 Å². The second-order valence-corrected chi connectivity index (χ2v) is 2.95. The van der Waals surface area contributed by atoms with E-state index in [1.165, 1.54) is 23.8 Å². The Kier molecular flexibility index (Phi) is 3.62. The minimum absolute atomic E-state index is 0.347. The summed E-state index contributed by atoms with van der Waals surface area (Å²) in [6, 6.07) is 4.78. The normalized spacial score (nSPS) is 11.9. The summed E-state index contributed by atoms with van der Waals surface area (Å²) in [6.07, 6.45) is -3.18. The standard InChI is InChI=1S/C9H9F3N4/c10-9(11,12)6-2-1-3-7(4-6)15-5-16-8(13)14/h1-5H,(H4,13,14,15,16)/p+1. The van der Waals surface area contributed by atoms with Crippen LogP contribution < -0.4 is 11.1 Å². The lowest BCUT2D eigenvalue weighted by Crippen LogP contribution is -2.76. The Morgan fingerprint density at radius 2 is 2.12 bits per heavy atom. The summed E-state index contributed by atoms with van der Waals surface area (Å²) in [5, 5.41) is 8.13. The fourth-order valence-electron chi connectivity index (χ4n) is 1.02. The van der Waals surface area contributed by atoms with E-state index in [2.05, 4.69) is 4.99 Å². The van der Waals surface area contributed by atoms with Crippen LogP contribution >= 0.6 is 0 Å². The van der Waals surface area contributed by atoms with Gasteiger partial charge in [0.1, 0.15) is 5.69 Å². The van der Waals surface area contributed by atoms with Gasteiger partial charge in [0.15, 0.2) is 6.34 Å². The van der Waals surface area contributed by atoms with Crippen molar-refractivity contribution in [3.63, 3.8) is 0 Å². The van der Waals surface area contributed by atoms with Crippen LogP contribution in [0.4, 0.5) is 18.9 Å². The number of guanidine groups is 1. The first-order valence-corrected chi connectivity index (χ1v) is 4.28. The van der Waals surface area contributed by atoms with Crippen LogP contribution in [0.1, 0.15) is 5.56 Å². The Bertz CT molecular complexity index is 411. The summed E-state index contributed by atoms with van der Waals surface area (Å²) in [5.41, 5.74) is 4.56. The van der Waals surface area contributed by atoms with Gasteiger partial charge in [-0.2, -0.15) is 18.2 Å². The van der Waals surface area contributed by atoms with E-state index in [1.807, 2.05) is 0 Å². The zero-order valence-electron chi connectivity index (χ0n) is 8.12. The van der Waals surface area contributed by atoms with Crippen molar-refractivity contribution < 1.29 is 18.5 Å². The lowest BCUT2D eigenvalue weighted by Gasteiger charge is -2.05. The number of aliphatic imine (C=N–C) groups is 1. The van der Waals surface area contributed by atoms with Crippen molar-refractivity contribution >= 4 is 18.0 Å². The van der Waals surface area contributed by atoms with Gasteiger partial charge in [0.2, 0.25) is 5.96 Å². The number of nitrogens with one attached hydrogen (secondary N) is 1. The van der Waals surface area contributed by atoms with Crippen LogP contribution in [0.25, 0.3) is 0 Å². The van der Waals surface area contributed by atoms with E-state index in [4.69, 9.17) is 11.1 Å². The molecule has 5 N–H and O–H groups in total. The molecule has 86 valence electrons. The summed E-state index contributed by atoms with van der Waals surface area (Å²) in [6.45, 7) is 0.